The van der Waals surface area contributed by atoms with Crippen LogP contribution in [0.1, 0.15) is 59.4 Å². The molecular weight excluding hydrogens is 529 g/mol. The summed E-state index contributed by atoms with van der Waals surface area (Å²) in [5, 5.41) is 18.3. The van der Waals surface area contributed by atoms with Crippen LogP contribution in [0.15, 0.2) is 46.9 Å². The van der Waals surface area contributed by atoms with Crippen LogP contribution in [0.4, 0.5) is 4.39 Å². The number of aromatic carboxylic acids is 1. The molecule has 5 heterocycles. The van der Waals surface area contributed by atoms with E-state index in [0.717, 1.165) is 50.5 Å². The monoisotopic (exact) mass is 559 g/mol. The van der Waals surface area contributed by atoms with Crippen molar-refractivity contribution in [1.29, 1.82) is 5.26 Å². The van der Waals surface area contributed by atoms with E-state index in [1.807, 2.05) is 22.8 Å². The van der Waals surface area contributed by atoms with Crippen LogP contribution in [-0.2, 0) is 29.8 Å². The fourth-order valence-electron chi connectivity index (χ4n) is 5.39. The van der Waals surface area contributed by atoms with Crippen LogP contribution >= 0.6 is 0 Å². The summed E-state index contributed by atoms with van der Waals surface area (Å²) in [6.07, 6.45) is 2.77. The highest BCUT2D eigenvalue weighted by molar-refractivity contribution is 5.89. The summed E-state index contributed by atoms with van der Waals surface area (Å²) in [5.41, 5.74) is 2.41. The first-order valence-electron chi connectivity index (χ1n) is 13.7. The predicted octanol–water partition coefficient (Wildman–Crippen LogP) is 4.65. The van der Waals surface area contributed by atoms with Gasteiger partial charge in [0, 0.05) is 29.7 Å². The number of imidazole rings is 1. The zero-order valence-electron chi connectivity index (χ0n) is 22.7. The van der Waals surface area contributed by atoms with Gasteiger partial charge in [0.1, 0.15) is 23.8 Å². The third-order valence-corrected chi connectivity index (χ3v) is 8.11. The number of pyridine rings is 1. The second-order valence-electron chi connectivity index (χ2n) is 10.9. The van der Waals surface area contributed by atoms with Crippen molar-refractivity contribution in [2.45, 2.75) is 57.4 Å². The standard InChI is InChI=1S/C30H30FN5O5/c1-30(25-3-2-4-27(34-25)40-18-20-6-5-19(15-32)13-22(20)31)8-10-35(11-9-30)17-26-33-23-14-24(29(37)38)41-28(23)36(26)16-21-7-12-39-21/h2-6,13-14,21H,7-12,16-18H2,1H3,(H,37,38). The molecule has 6 rings (SSSR count). The number of fused-ring (bicyclic) bond motifs is 1. The van der Waals surface area contributed by atoms with Crippen molar-refractivity contribution < 1.29 is 28.2 Å². The minimum atomic E-state index is -1.11. The van der Waals surface area contributed by atoms with Gasteiger partial charge in [-0.3, -0.25) is 9.47 Å². The van der Waals surface area contributed by atoms with E-state index in [1.165, 1.54) is 12.1 Å². The van der Waals surface area contributed by atoms with Gasteiger partial charge in [-0.2, -0.15) is 5.26 Å². The van der Waals surface area contributed by atoms with Crippen molar-refractivity contribution in [2.75, 3.05) is 19.7 Å². The fraction of sp³-hybridized carbons (Fsp3) is 0.400. The topological polar surface area (TPSA) is 127 Å². The minimum absolute atomic E-state index is 0.0217. The molecule has 2 aliphatic heterocycles. The molecule has 4 aromatic rings. The number of carboxylic acids is 1. The van der Waals surface area contributed by atoms with E-state index in [0.29, 0.717) is 35.8 Å². The third-order valence-electron chi connectivity index (χ3n) is 8.11. The summed E-state index contributed by atoms with van der Waals surface area (Å²) in [4.78, 5) is 23.2. The lowest BCUT2D eigenvalue weighted by atomic mass is 9.77. The summed E-state index contributed by atoms with van der Waals surface area (Å²) < 4.78 is 33.3. The Labute approximate surface area is 235 Å². The number of rotatable bonds is 9. The Kier molecular flexibility index (Phi) is 7.19. The molecule has 0 saturated carbocycles. The molecule has 10 nitrogen and oxygen atoms in total. The largest absolute Gasteiger partial charge is 0.475 e. The van der Waals surface area contributed by atoms with Crippen molar-refractivity contribution in [3.8, 4) is 11.9 Å². The van der Waals surface area contributed by atoms with Gasteiger partial charge in [0.2, 0.25) is 17.4 Å². The summed E-state index contributed by atoms with van der Waals surface area (Å²) in [6, 6.07) is 13.4. The molecule has 212 valence electrons. The zero-order valence-corrected chi connectivity index (χ0v) is 22.7. The lowest BCUT2D eigenvalue weighted by Crippen LogP contribution is -2.41. The maximum Gasteiger partial charge on any atom is 0.371 e. The normalized spacial score (nSPS) is 18.6. The SMILES string of the molecule is CC1(c2cccc(OCc3ccc(C#N)cc3F)n2)CCN(Cc2nc3cc(C(=O)O)oc3n2CC2CCO2)CC1. The Bertz CT molecular complexity index is 1630. The molecule has 3 aromatic heterocycles. The number of halogens is 1. The van der Waals surface area contributed by atoms with Gasteiger partial charge in [0.05, 0.1) is 36.5 Å². The number of nitriles is 1. The van der Waals surface area contributed by atoms with Crippen LogP contribution in [0.25, 0.3) is 11.2 Å². The molecule has 0 amide bonds. The molecule has 0 aliphatic carbocycles. The molecular formula is C30H30FN5O5. The molecule has 11 heteroatoms. The maximum atomic E-state index is 14.3. The number of hydrogen-bond donors (Lipinski definition) is 1. The van der Waals surface area contributed by atoms with Gasteiger partial charge in [0.25, 0.3) is 0 Å². The molecule has 0 radical (unpaired) electrons. The third kappa shape index (κ3) is 5.53. The van der Waals surface area contributed by atoms with Crippen molar-refractivity contribution in [1.82, 2.24) is 19.4 Å². The molecule has 0 bridgehead atoms. The Morgan fingerprint density at radius 2 is 2.05 bits per heavy atom. The molecule has 1 aromatic carbocycles. The van der Waals surface area contributed by atoms with Gasteiger partial charge in [-0.25, -0.2) is 19.2 Å². The number of piperidine rings is 1. The highest BCUT2D eigenvalue weighted by Crippen LogP contribution is 2.35. The van der Waals surface area contributed by atoms with Crippen molar-refractivity contribution in [3.05, 3.63) is 76.7 Å². The van der Waals surface area contributed by atoms with E-state index >= 15 is 0 Å². The summed E-state index contributed by atoms with van der Waals surface area (Å²) in [6.45, 7) is 5.80. The molecule has 2 aliphatic rings. The van der Waals surface area contributed by atoms with Gasteiger partial charge >= 0.3 is 5.97 Å². The smallest absolute Gasteiger partial charge is 0.371 e. The van der Waals surface area contributed by atoms with Gasteiger partial charge < -0.3 is 19.0 Å². The number of nitrogens with zero attached hydrogens (tertiary/aromatic N) is 5. The Hall–Kier alpha value is -4.27. The van der Waals surface area contributed by atoms with Crippen molar-refractivity contribution >= 4 is 17.2 Å². The molecule has 1 unspecified atom stereocenters. The van der Waals surface area contributed by atoms with Crippen LogP contribution in [0.5, 0.6) is 5.88 Å². The molecule has 41 heavy (non-hydrogen) atoms. The molecule has 2 fully saturated rings. The van der Waals surface area contributed by atoms with Gasteiger partial charge in [-0.1, -0.05) is 19.1 Å². The average molecular weight is 560 g/mol. The predicted molar refractivity (Wildman–Crippen MR) is 145 cm³/mol. The van der Waals surface area contributed by atoms with Crippen LogP contribution < -0.4 is 4.74 Å². The lowest BCUT2D eigenvalue weighted by molar-refractivity contribution is -0.0595. The molecule has 2 saturated heterocycles. The van der Waals surface area contributed by atoms with E-state index in [9.17, 15) is 14.3 Å². The number of hydrogen-bond acceptors (Lipinski definition) is 8. The number of aromatic nitrogens is 3. The fourth-order valence-corrected chi connectivity index (χ4v) is 5.39. The van der Waals surface area contributed by atoms with E-state index in [2.05, 4.69) is 11.8 Å². The Morgan fingerprint density at radius 3 is 2.73 bits per heavy atom. The summed E-state index contributed by atoms with van der Waals surface area (Å²) in [7, 11) is 0. The first-order chi connectivity index (χ1) is 19.8. The van der Waals surface area contributed by atoms with E-state index in [1.54, 1.807) is 18.2 Å². The van der Waals surface area contributed by atoms with Crippen LogP contribution in [0, 0.1) is 17.1 Å². The van der Waals surface area contributed by atoms with E-state index in [4.69, 9.17) is 29.1 Å². The average Bonchev–Trinajstić information content (AvgIpc) is 3.50. The van der Waals surface area contributed by atoms with Gasteiger partial charge in [0.15, 0.2) is 0 Å². The van der Waals surface area contributed by atoms with E-state index < -0.39 is 11.8 Å². The highest BCUT2D eigenvalue weighted by atomic mass is 19.1. The number of carboxylic acid groups (broad SMARTS) is 1. The molecule has 1 N–H and O–H groups in total. The van der Waals surface area contributed by atoms with Crippen molar-refractivity contribution in [3.63, 3.8) is 0 Å². The first kappa shape index (κ1) is 26.9. The number of carbonyl (C=O) groups is 1. The highest BCUT2D eigenvalue weighted by Gasteiger charge is 2.34. The second kappa shape index (κ2) is 11.0. The molecule has 0 spiro atoms. The van der Waals surface area contributed by atoms with Crippen LogP contribution in [0.2, 0.25) is 0 Å². The van der Waals surface area contributed by atoms with Crippen LogP contribution in [0.3, 0.4) is 0 Å². The second-order valence-corrected chi connectivity index (χ2v) is 10.9. The number of furan rings is 1. The summed E-state index contributed by atoms with van der Waals surface area (Å²) >= 11 is 0. The maximum absolute atomic E-state index is 14.3. The minimum Gasteiger partial charge on any atom is -0.475 e. The van der Waals surface area contributed by atoms with Crippen LogP contribution in [-0.4, -0.2) is 56.3 Å². The quantitative estimate of drug-likeness (QED) is 0.312. The van der Waals surface area contributed by atoms with Crippen molar-refractivity contribution in [2.24, 2.45) is 0 Å². The first-order valence-corrected chi connectivity index (χ1v) is 13.7. The number of ether oxygens (including phenoxy) is 2. The van der Waals surface area contributed by atoms with E-state index in [-0.39, 0.29) is 29.4 Å². The summed E-state index contributed by atoms with van der Waals surface area (Å²) in [5.74, 6) is -0.449. The Morgan fingerprint density at radius 1 is 1.24 bits per heavy atom. The van der Waals surface area contributed by atoms with Gasteiger partial charge in [-0.15, -0.1) is 0 Å². The zero-order chi connectivity index (χ0) is 28.6. The van der Waals surface area contributed by atoms with Gasteiger partial charge in [-0.05, 0) is 50.6 Å². The molecule has 1 atom stereocenters. The lowest BCUT2D eigenvalue weighted by Gasteiger charge is -2.39. The number of benzene rings is 1. The Balaban J connectivity index is 1.11. The number of likely N-dealkylation sites (tertiary alicyclic amines) is 1.